The normalized spacial score (nSPS) is 17.2. The van der Waals surface area contributed by atoms with Crippen LogP contribution in [0.1, 0.15) is 24.8 Å². The van der Waals surface area contributed by atoms with E-state index in [1.54, 1.807) is 16.1 Å². The molecule has 1 aliphatic heterocycles. The van der Waals surface area contributed by atoms with Crippen LogP contribution in [0.5, 0.6) is 0 Å². The monoisotopic (exact) mass is 381 g/mol. The standard InChI is InChI=1S/C20H23N5OS/c26-19(11-10-16-6-2-1-3-7-16)24-12-4-8-17(14-24)15-25-22-20(21-23-25)18-9-5-13-27-18/h1-3,5-7,9,13,17H,4,8,10-12,14-15H2/t17-/m1/s1. The summed E-state index contributed by atoms with van der Waals surface area (Å²) in [4.78, 5) is 17.3. The molecule has 0 saturated carbocycles. The molecule has 1 amide bonds. The first-order valence-electron chi connectivity index (χ1n) is 9.41. The molecule has 0 unspecified atom stereocenters. The second-order valence-electron chi connectivity index (χ2n) is 6.98. The predicted octanol–water partition coefficient (Wildman–Crippen LogP) is 3.27. The molecule has 6 nitrogen and oxygen atoms in total. The van der Waals surface area contributed by atoms with Crippen LogP contribution in [0.25, 0.3) is 10.7 Å². The molecule has 0 bridgehead atoms. The summed E-state index contributed by atoms with van der Waals surface area (Å²) in [5.41, 5.74) is 1.22. The quantitative estimate of drug-likeness (QED) is 0.657. The van der Waals surface area contributed by atoms with E-state index in [9.17, 15) is 4.79 Å². The molecule has 0 N–H and O–H groups in total. The second-order valence-corrected chi connectivity index (χ2v) is 7.93. The van der Waals surface area contributed by atoms with Gasteiger partial charge in [-0.3, -0.25) is 4.79 Å². The van der Waals surface area contributed by atoms with Gasteiger partial charge >= 0.3 is 0 Å². The molecule has 0 aliphatic carbocycles. The van der Waals surface area contributed by atoms with E-state index >= 15 is 0 Å². The highest BCUT2D eigenvalue weighted by Crippen LogP contribution is 2.21. The van der Waals surface area contributed by atoms with Crippen LogP contribution in [-0.2, 0) is 17.8 Å². The zero-order valence-electron chi connectivity index (χ0n) is 15.2. The molecule has 2 aromatic heterocycles. The first-order chi connectivity index (χ1) is 13.3. The van der Waals surface area contributed by atoms with Crippen molar-refractivity contribution in [2.45, 2.75) is 32.2 Å². The van der Waals surface area contributed by atoms with Crippen LogP contribution < -0.4 is 0 Å². The van der Waals surface area contributed by atoms with Gasteiger partial charge in [-0.2, -0.15) is 4.80 Å². The zero-order valence-corrected chi connectivity index (χ0v) is 16.0. The van der Waals surface area contributed by atoms with Gasteiger partial charge in [0.1, 0.15) is 0 Å². The van der Waals surface area contributed by atoms with Crippen molar-refractivity contribution >= 4 is 17.2 Å². The third kappa shape index (κ3) is 4.60. The molecule has 3 heterocycles. The first-order valence-corrected chi connectivity index (χ1v) is 10.3. The number of rotatable bonds is 6. The highest BCUT2D eigenvalue weighted by Gasteiger charge is 2.24. The Morgan fingerprint density at radius 3 is 2.89 bits per heavy atom. The highest BCUT2D eigenvalue weighted by atomic mass is 32.1. The van der Waals surface area contributed by atoms with Gasteiger partial charge in [-0.1, -0.05) is 36.4 Å². The maximum absolute atomic E-state index is 12.6. The van der Waals surface area contributed by atoms with Gasteiger partial charge in [-0.15, -0.1) is 21.5 Å². The van der Waals surface area contributed by atoms with Gasteiger partial charge in [0.2, 0.25) is 11.7 Å². The molecule has 4 rings (SSSR count). The minimum atomic E-state index is 0.245. The number of likely N-dealkylation sites (tertiary alicyclic amines) is 1. The topological polar surface area (TPSA) is 63.9 Å². The van der Waals surface area contributed by atoms with Crippen molar-refractivity contribution in [2.75, 3.05) is 13.1 Å². The lowest BCUT2D eigenvalue weighted by molar-refractivity contribution is -0.133. The second kappa shape index (κ2) is 8.43. The molecule has 7 heteroatoms. The molecule has 140 valence electrons. The third-order valence-electron chi connectivity index (χ3n) is 4.96. The molecule has 1 aliphatic rings. The predicted molar refractivity (Wildman–Crippen MR) is 105 cm³/mol. The van der Waals surface area contributed by atoms with E-state index < -0.39 is 0 Å². The Hall–Kier alpha value is -2.54. The summed E-state index contributed by atoms with van der Waals surface area (Å²) >= 11 is 1.61. The van der Waals surface area contributed by atoms with E-state index in [4.69, 9.17) is 0 Å². The Balaban J connectivity index is 1.31. The Bertz CT molecular complexity index is 862. The molecule has 27 heavy (non-hydrogen) atoms. The lowest BCUT2D eigenvalue weighted by atomic mass is 9.97. The summed E-state index contributed by atoms with van der Waals surface area (Å²) in [5.74, 6) is 1.30. The first kappa shape index (κ1) is 17.9. The molecule has 3 aromatic rings. The van der Waals surface area contributed by atoms with Crippen molar-refractivity contribution in [3.8, 4) is 10.7 Å². The van der Waals surface area contributed by atoms with E-state index in [0.717, 1.165) is 37.2 Å². The van der Waals surface area contributed by atoms with Gasteiger partial charge in [-0.25, -0.2) is 0 Å². The Kier molecular flexibility index (Phi) is 5.58. The molecule has 1 fully saturated rings. The fourth-order valence-corrected chi connectivity index (χ4v) is 4.20. The van der Waals surface area contributed by atoms with Crippen molar-refractivity contribution in [1.82, 2.24) is 25.1 Å². The van der Waals surface area contributed by atoms with Crippen molar-refractivity contribution in [2.24, 2.45) is 5.92 Å². The van der Waals surface area contributed by atoms with Crippen molar-refractivity contribution < 1.29 is 4.79 Å². The van der Waals surface area contributed by atoms with E-state index in [2.05, 4.69) is 27.5 Å². The average Bonchev–Trinajstić information content (AvgIpc) is 3.39. The van der Waals surface area contributed by atoms with Crippen LogP contribution >= 0.6 is 11.3 Å². The van der Waals surface area contributed by atoms with Crippen molar-refractivity contribution in [3.63, 3.8) is 0 Å². The number of piperidine rings is 1. The van der Waals surface area contributed by atoms with E-state index in [1.165, 1.54) is 5.56 Å². The molecule has 1 aromatic carbocycles. The van der Waals surface area contributed by atoms with E-state index in [1.807, 2.05) is 40.6 Å². The third-order valence-corrected chi connectivity index (χ3v) is 5.82. The van der Waals surface area contributed by atoms with Gasteiger partial charge in [-0.05, 0) is 47.4 Å². The summed E-state index contributed by atoms with van der Waals surface area (Å²) in [7, 11) is 0. The number of benzene rings is 1. The SMILES string of the molecule is O=C(CCc1ccccc1)N1CCC[C@@H](Cn2nnc(-c3cccs3)n2)C1. The van der Waals surface area contributed by atoms with Crippen molar-refractivity contribution in [1.29, 1.82) is 0 Å². The maximum atomic E-state index is 12.6. The number of amides is 1. The van der Waals surface area contributed by atoms with Gasteiger partial charge < -0.3 is 4.90 Å². The lowest BCUT2D eigenvalue weighted by Crippen LogP contribution is -2.41. The average molecular weight is 382 g/mol. The number of aryl methyl sites for hydroxylation is 1. The van der Waals surface area contributed by atoms with E-state index in [-0.39, 0.29) is 5.91 Å². The fourth-order valence-electron chi connectivity index (χ4n) is 3.55. The number of hydrogen-bond donors (Lipinski definition) is 0. The largest absolute Gasteiger partial charge is 0.342 e. The number of nitrogens with zero attached hydrogens (tertiary/aromatic N) is 5. The van der Waals surface area contributed by atoms with E-state index in [0.29, 0.717) is 24.7 Å². The number of thiophene rings is 1. The van der Waals surface area contributed by atoms with Crippen molar-refractivity contribution in [3.05, 3.63) is 53.4 Å². The zero-order chi connectivity index (χ0) is 18.5. The Labute approximate surface area is 162 Å². The number of carbonyl (C=O) groups is 1. The number of hydrogen-bond acceptors (Lipinski definition) is 5. The smallest absolute Gasteiger partial charge is 0.222 e. The molecular weight excluding hydrogens is 358 g/mol. The Morgan fingerprint density at radius 2 is 2.07 bits per heavy atom. The summed E-state index contributed by atoms with van der Waals surface area (Å²) in [6, 6.07) is 14.2. The van der Waals surface area contributed by atoms with Gasteiger partial charge in [0.15, 0.2) is 0 Å². The minimum absolute atomic E-state index is 0.245. The Morgan fingerprint density at radius 1 is 1.19 bits per heavy atom. The summed E-state index contributed by atoms with van der Waals surface area (Å²) in [5, 5.41) is 14.8. The summed E-state index contributed by atoms with van der Waals surface area (Å²) in [6.45, 7) is 2.35. The fraction of sp³-hybridized carbons (Fsp3) is 0.400. The number of carbonyl (C=O) groups excluding carboxylic acids is 1. The van der Waals surface area contributed by atoms with Gasteiger partial charge in [0, 0.05) is 19.5 Å². The number of aromatic nitrogens is 4. The lowest BCUT2D eigenvalue weighted by Gasteiger charge is -2.32. The van der Waals surface area contributed by atoms with Crippen LogP contribution in [0.2, 0.25) is 0 Å². The summed E-state index contributed by atoms with van der Waals surface area (Å²) in [6.07, 6.45) is 3.50. The molecule has 1 atom stereocenters. The van der Waals surface area contributed by atoms with Crippen LogP contribution in [0, 0.1) is 5.92 Å². The maximum Gasteiger partial charge on any atom is 0.222 e. The summed E-state index contributed by atoms with van der Waals surface area (Å²) < 4.78 is 0. The number of tetrazole rings is 1. The van der Waals surface area contributed by atoms with Crippen LogP contribution in [-0.4, -0.2) is 44.1 Å². The van der Waals surface area contributed by atoms with Crippen LogP contribution in [0.15, 0.2) is 47.8 Å². The minimum Gasteiger partial charge on any atom is -0.342 e. The van der Waals surface area contributed by atoms with Gasteiger partial charge in [0.25, 0.3) is 0 Å². The molecule has 0 radical (unpaired) electrons. The van der Waals surface area contributed by atoms with Crippen LogP contribution in [0.4, 0.5) is 0 Å². The van der Waals surface area contributed by atoms with Gasteiger partial charge in [0.05, 0.1) is 11.4 Å². The molecule has 0 spiro atoms. The molecular formula is C20H23N5OS. The molecule has 1 saturated heterocycles. The highest BCUT2D eigenvalue weighted by molar-refractivity contribution is 7.13. The van der Waals surface area contributed by atoms with Crippen LogP contribution in [0.3, 0.4) is 0 Å².